The average molecular weight is 260 g/mol. The number of hydrogen-bond donors (Lipinski definition) is 0. The minimum Gasteiger partial charge on any atom is -0.369 e. The van der Waals surface area contributed by atoms with Crippen LogP contribution in [0.15, 0.2) is 18.2 Å². The maximum Gasteiger partial charge on any atom is 0.0509 e. The molecular weight excluding hydrogens is 241 g/mol. The van der Waals surface area contributed by atoms with E-state index >= 15 is 0 Å². The van der Waals surface area contributed by atoms with E-state index in [1.54, 1.807) is 0 Å². The summed E-state index contributed by atoms with van der Waals surface area (Å²) >= 11 is 12.1. The predicted molar refractivity (Wildman–Crippen MR) is 73.8 cm³/mol. The summed E-state index contributed by atoms with van der Waals surface area (Å²) in [6, 6.07) is 6.48. The number of hydrogen-bond acceptors (Lipinski definition) is 1. The van der Waals surface area contributed by atoms with Crippen LogP contribution in [0.1, 0.15) is 32.8 Å². The highest BCUT2D eigenvalue weighted by atomic mass is 35.5. The fourth-order valence-corrected chi connectivity index (χ4v) is 2.47. The molecule has 0 radical (unpaired) electrons. The van der Waals surface area contributed by atoms with Crippen LogP contribution in [0.2, 0.25) is 5.02 Å². The highest BCUT2D eigenvalue weighted by Gasteiger charge is 2.15. The molecule has 0 fully saturated rings. The average Bonchev–Trinajstić information content (AvgIpc) is 2.30. The molecule has 0 aliphatic rings. The van der Waals surface area contributed by atoms with Gasteiger partial charge in [-0.05, 0) is 32.4 Å². The summed E-state index contributed by atoms with van der Waals surface area (Å²) in [6.07, 6.45) is 1.11. The predicted octanol–water partition coefficient (Wildman–Crippen LogP) is 4.70. The number of rotatable bonds is 5. The van der Waals surface area contributed by atoms with Crippen LogP contribution in [0, 0.1) is 0 Å². The molecule has 1 rings (SSSR count). The van der Waals surface area contributed by atoms with Crippen LogP contribution in [0.5, 0.6) is 0 Å². The monoisotopic (exact) mass is 259 g/mol. The lowest BCUT2D eigenvalue weighted by atomic mass is 10.1. The van der Waals surface area contributed by atoms with E-state index in [1.807, 2.05) is 12.1 Å². The minimum absolute atomic E-state index is 0.460. The van der Waals surface area contributed by atoms with Crippen molar-refractivity contribution in [1.82, 2.24) is 0 Å². The van der Waals surface area contributed by atoms with Gasteiger partial charge in [0.15, 0.2) is 0 Å². The Labute approximate surface area is 108 Å². The standard InChI is InChI=1S/C13H19Cl2N/c1-4-10(3)16(5-2)13-8-6-7-12(15)11(13)9-14/h6-8,10H,4-5,9H2,1-3H3. The van der Waals surface area contributed by atoms with Gasteiger partial charge in [0.05, 0.1) is 5.88 Å². The van der Waals surface area contributed by atoms with Gasteiger partial charge in [0, 0.05) is 28.9 Å². The molecule has 0 amide bonds. The van der Waals surface area contributed by atoms with E-state index in [0.29, 0.717) is 11.9 Å². The molecule has 0 aliphatic heterocycles. The van der Waals surface area contributed by atoms with Gasteiger partial charge in [-0.2, -0.15) is 0 Å². The maximum absolute atomic E-state index is 6.17. The van der Waals surface area contributed by atoms with Gasteiger partial charge >= 0.3 is 0 Å². The molecule has 0 bridgehead atoms. The molecular formula is C13H19Cl2N. The highest BCUT2D eigenvalue weighted by molar-refractivity contribution is 6.32. The summed E-state index contributed by atoms with van der Waals surface area (Å²) in [5.74, 6) is 0.460. The summed E-state index contributed by atoms with van der Waals surface area (Å²) in [5.41, 5.74) is 2.20. The molecule has 3 heteroatoms. The molecule has 16 heavy (non-hydrogen) atoms. The van der Waals surface area contributed by atoms with E-state index in [0.717, 1.165) is 23.6 Å². The van der Waals surface area contributed by atoms with Crippen LogP contribution in [0.3, 0.4) is 0 Å². The molecule has 0 N–H and O–H groups in total. The molecule has 0 heterocycles. The Kier molecular flexibility index (Phi) is 5.43. The molecule has 0 aromatic heterocycles. The molecule has 0 aliphatic carbocycles. The van der Waals surface area contributed by atoms with Gasteiger partial charge in [-0.25, -0.2) is 0 Å². The maximum atomic E-state index is 6.17. The van der Waals surface area contributed by atoms with Crippen molar-refractivity contribution in [2.45, 2.75) is 39.1 Å². The fourth-order valence-electron chi connectivity index (χ4n) is 1.89. The lowest BCUT2D eigenvalue weighted by Gasteiger charge is -2.31. The second-order valence-electron chi connectivity index (χ2n) is 3.91. The number of nitrogens with zero attached hydrogens (tertiary/aromatic N) is 1. The normalized spacial score (nSPS) is 12.6. The largest absolute Gasteiger partial charge is 0.369 e. The topological polar surface area (TPSA) is 3.24 Å². The van der Waals surface area contributed by atoms with E-state index < -0.39 is 0 Å². The summed E-state index contributed by atoms with van der Waals surface area (Å²) in [5, 5.41) is 0.759. The smallest absolute Gasteiger partial charge is 0.0509 e. The first-order valence-corrected chi connectivity index (χ1v) is 6.66. The first kappa shape index (κ1) is 13.7. The van der Waals surface area contributed by atoms with Crippen LogP contribution in [0.4, 0.5) is 5.69 Å². The number of alkyl halides is 1. The van der Waals surface area contributed by atoms with Crippen LogP contribution in [-0.4, -0.2) is 12.6 Å². The Morgan fingerprint density at radius 3 is 2.50 bits per heavy atom. The zero-order valence-corrected chi connectivity index (χ0v) is 11.6. The van der Waals surface area contributed by atoms with Crippen LogP contribution < -0.4 is 4.90 Å². The van der Waals surface area contributed by atoms with E-state index in [9.17, 15) is 0 Å². The van der Waals surface area contributed by atoms with Crippen LogP contribution in [0.25, 0.3) is 0 Å². The van der Waals surface area contributed by atoms with Crippen LogP contribution in [-0.2, 0) is 5.88 Å². The van der Waals surface area contributed by atoms with Gasteiger partial charge in [-0.3, -0.25) is 0 Å². The lowest BCUT2D eigenvalue weighted by Crippen LogP contribution is -2.33. The number of benzene rings is 1. The molecule has 0 saturated carbocycles. The summed E-state index contributed by atoms with van der Waals surface area (Å²) in [7, 11) is 0. The number of halogens is 2. The SMILES string of the molecule is CCC(C)N(CC)c1cccc(Cl)c1CCl. The Balaban J connectivity index is 3.14. The van der Waals surface area contributed by atoms with Gasteiger partial charge in [0.25, 0.3) is 0 Å². The summed E-state index contributed by atoms with van der Waals surface area (Å²) in [6.45, 7) is 7.55. The van der Waals surface area contributed by atoms with E-state index in [2.05, 4.69) is 31.7 Å². The van der Waals surface area contributed by atoms with Gasteiger partial charge in [-0.1, -0.05) is 24.6 Å². The van der Waals surface area contributed by atoms with Crippen molar-refractivity contribution < 1.29 is 0 Å². The molecule has 1 aromatic carbocycles. The third-order valence-electron chi connectivity index (χ3n) is 3.00. The van der Waals surface area contributed by atoms with Gasteiger partial charge in [0.1, 0.15) is 0 Å². The van der Waals surface area contributed by atoms with Crippen LogP contribution >= 0.6 is 23.2 Å². The Hall–Kier alpha value is -0.400. The van der Waals surface area contributed by atoms with E-state index in [-0.39, 0.29) is 0 Å². The third kappa shape index (κ3) is 2.83. The second-order valence-corrected chi connectivity index (χ2v) is 4.59. The second kappa shape index (κ2) is 6.36. The van der Waals surface area contributed by atoms with Crippen molar-refractivity contribution in [1.29, 1.82) is 0 Å². The van der Waals surface area contributed by atoms with Crippen molar-refractivity contribution in [2.24, 2.45) is 0 Å². The van der Waals surface area contributed by atoms with Crippen molar-refractivity contribution in [3.05, 3.63) is 28.8 Å². The molecule has 1 unspecified atom stereocenters. The minimum atomic E-state index is 0.460. The molecule has 0 saturated heterocycles. The fraction of sp³-hybridized carbons (Fsp3) is 0.538. The molecule has 1 aromatic rings. The van der Waals surface area contributed by atoms with Gasteiger partial charge in [0.2, 0.25) is 0 Å². The summed E-state index contributed by atoms with van der Waals surface area (Å²) in [4.78, 5) is 2.35. The Morgan fingerprint density at radius 1 is 1.31 bits per heavy atom. The number of anilines is 1. The highest BCUT2D eigenvalue weighted by Crippen LogP contribution is 2.30. The zero-order chi connectivity index (χ0) is 12.1. The Morgan fingerprint density at radius 2 is 2.00 bits per heavy atom. The van der Waals surface area contributed by atoms with Gasteiger partial charge in [-0.15, -0.1) is 11.6 Å². The Bertz CT molecular complexity index is 339. The van der Waals surface area contributed by atoms with Crippen molar-refractivity contribution >= 4 is 28.9 Å². The van der Waals surface area contributed by atoms with E-state index in [1.165, 1.54) is 5.69 Å². The van der Waals surface area contributed by atoms with E-state index in [4.69, 9.17) is 23.2 Å². The van der Waals surface area contributed by atoms with Crippen molar-refractivity contribution in [3.8, 4) is 0 Å². The van der Waals surface area contributed by atoms with Crippen molar-refractivity contribution in [2.75, 3.05) is 11.4 Å². The zero-order valence-electron chi connectivity index (χ0n) is 10.1. The third-order valence-corrected chi connectivity index (χ3v) is 3.62. The first-order chi connectivity index (χ1) is 7.65. The molecule has 90 valence electrons. The van der Waals surface area contributed by atoms with Gasteiger partial charge < -0.3 is 4.90 Å². The lowest BCUT2D eigenvalue weighted by molar-refractivity contribution is 0.628. The molecule has 1 nitrogen and oxygen atoms in total. The first-order valence-electron chi connectivity index (χ1n) is 5.75. The quantitative estimate of drug-likeness (QED) is 0.693. The molecule has 1 atom stereocenters. The van der Waals surface area contributed by atoms with Crippen molar-refractivity contribution in [3.63, 3.8) is 0 Å². The molecule has 0 spiro atoms. The summed E-state index contributed by atoms with van der Waals surface area (Å²) < 4.78 is 0.